The second kappa shape index (κ2) is 7.13. The second-order valence-corrected chi connectivity index (χ2v) is 7.79. The summed E-state index contributed by atoms with van der Waals surface area (Å²) in [5.74, 6) is 0.702. The molecule has 4 aromatic rings. The van der Waals surface area contributed by atoms with Crippen LogP contribution >= 0.6 is 28.4 Å². The largest absolute Gasteiger partial charge is 0.399 e. The van der Waals surface area contributed by atoms with Crippen molar-refractivity contribution in [3.63, 3.8) is 0 Å². The third kappa shape index (κ3) is 3.10. The van der Waals surface area contributed by atoms with E-state index in [0.29, 0.717) is 17.9 Å². The number of nitrogens with one attached hydrogen (secondary N) is 1. The number of nitrogens with two attached hydrogens (primary N) is 1. The molecule has 1 atom stereocenters. The number of anilines is 3. The van der Waals surface area contributed by atoms with E-state index in [1.54, 1.807) is 18.9 Å². The average Bonchev–Trinajstić information content (AvgIpc) is 3.08. The molecule has 0 fully saturated rings. The molecule has 0 radical (unpaired) electrons. The van der Waals surface area contributed by atoms with Crippen molar-refractivity contribution < 1.29 is 0 Å². The molecule has 7 nitrogen and oxygen atoms in total. The van der Waals surface area contributed by atoms with Crippen LogP contribution in [0.3, 0.4) is 0 Å². The lowest BCUT2D eigenvalue weighted by Gasteiger charge is -2.13. The fourth-order valence-corrected chi connectivity index (χ4v) is 4.10. The monoisotopic (exact) mass is 475 g/mol. The smallest absolute Gasteiger partial charge is 0.167 e. The summed E-state index contributed by atoms with van der Waals surface area (Å²) in [7, 11) is 0. The molecule has 1 aromatic carbocycles. The first kappa shape index (κ1) is 17.1. The van der Waals surface area contributed by atoms with E-state index in [1.807, 2.05) is 41.6 Å². The van der Waals surface area contributed by atoms with E-state index >= 15 is 0 Å². The van der Waals surface area contributed by atoms with Crippen molar-refractivity contribution >= 4 is 56.8 Å². The first-order valence-corrected chi connectivity index (χ1v) is 11.9. The van der Waals surface area contributed by atoms with Gasteiger partial charge in [0, 0.05) is 23.1 Å². The summed E-state index contributed by atoms with van der Waals surface area (Å²) < 4.78 is 2.01. The molecule has 9 heteroatoms. The Labute approximate surface area is 164 Å². The van der Waals surface area contributed by atoms with Crippen molar-refractivity contribution in [3.05, 3.63) is 54.7 Å². The quantitative estimate of drug-likeness (QED) is 0.260. The van der Waals surface area contributed by atoms with Crippen molar-refractivity contribution in [2.24, 2.45) is 0 Å². The average molecular weight is 475 g/mol. The number of rotatable bonds is 4. The van der Waals surface area contributed by atoms with E-state index in [4.69, 9.17) is 5.73 Å². The Balaban J connectivity index is 1.84. The first-order chi connectivity index (χ1) is 12.7. The molecule has 0 amide bonds. The van der Waals surface area contributed by atoms with E-state index in [0.717, 1.165) is 33.7 Å². The zero-order chi connectivity index (χ0) is 18.1. The van der Waals surface area contributed by atoms with Crippen molar-refractivity contribution in [2.45, 2.75) is 6.92 Å². The molecule has 3 N–H and O–H groups in total. The summed E-state index contributed by atoms with van der Waals surface area (Å²) >= 11 is 2.31. The van der Waals surface area contributed by atoms with Gasteiger partial charge in [-0.05, 0) is 58.8 Å². The summed E-state index contributed by atoms with van der Waals surface area (Å²) in [4.78, 5) is 17.9. The highest BCUT2D eigenvalue weighted by Gasteiger charge is 2.15. The van der Waals surface area contributed by atoms with Crippen LogP contribution in [-0.2, 0) is 0 Å². The summed E-state index contributed by atoms with van der Waals surface area (Å²) in [5, 5.41) is 3.38. The summed E-state index contributed by atoms with van der Waals surface area (Å²) in [5.41, 5.74) is 11.8. The van der Waals surface area contributed by atoms with E-state index in [9.17, 15) is 0 Å². The highest BCUT2D eigenvalue weighted by atomic mass is 127. The lowest BCUT2D eigenvalue weighted by atomic mass is 10.1. The number of hydrogen-bond acceptors (Lipinski definition) is 6. The SMILES string of the molecule is Cc1ccc(N)cc1Nc1ncccc1-c1ncnc2c1ncn2PI. The van der Waals surface area contributed by atoms with Crippen LogP contribution in [0.1, 0.15) is 5.56 Å². The number of aryl methyl sites for hydroxylation is 1. The molecule has 0 saturated heterocycles. The van der Waals surface area contributed by atoms with E-state index in [1.165, 1.54) is 0 Å². The molecule has 1 unspecified atom stereocenters. The summed E-state index contributed by atoms with van der Waals surface area (Å²) in [6.07, 6.45) is 5.63. The van der Waals surface area contributed by atoms with Gasteiger partial charge in [-0.2, -0.15) is 0 Å². The highest BCUT2D eigenvalue weighted by Crippen LogP contribution is 2.34. The Bertz CT molecular complexity index is 1100. The molecule has 4 rings (SSSR count). The Morgan fingerprint density at radius 3 is 2.88 bits per heavy atom. The maximum atomic E-state index is 5.93. The lowest BCUT2D eigenvalue weighted by molar-refractivity contribution is 1.17. The summed E-state index contributed by atoms with van der Waals surface area (Å²) in [6.45, 7) is 2.02. The van der Waals surface area contributed by atoms with Crippen LogP contribution in [0.15, 0.2) is 49.2 Å². The van der Waals surface area contributed by atoms with Crippen LogP contribution < -0.4 is 11.1 Å². The second-order valence-electron chi connectivity index (χ2n) is 5.69. The van der Waals surface area contributed by atoms with Gasteiger partial charge in [0.25, 0.3) is 0 Å². The Morgan fingerprint density at radius 2 is 2.04 bits per heavy atom. The van der Waals surface area contributed by atoms with Crippen LogP contribution in [-0.4, -0.2) is 24.3 Å². The van der Waals surface area contributed by atoms with Crippen molar-refractivity contribution in [3.8, 4) is 11.3 Å². The maximum absolute atomic E-state index is 5.93. The predicted molar refractivity (Wildman–Crippen MR) is 115 cm³/mol. The molecule has 3 aromatic heterocycles. The van der Waals surface area contributed by atoms with Gasteiger partial charge in [0.15, 0.2) is 5.65 Å². The maximum Gasteiger partial charge on any atom is 0.167 e. The third-order valence-electron chi connectivity index (χ3n) is 4.00. The minimum absolute atomic E-state index is 0.523. The zero-order valence-corrected chi connectivity index (χ0v) is 17.0. The fraction of sp³-hybridized carbons (Fsp3) is 0.0588. The van der Waals surface area contributed by atoms with Gasteiger partial charge in [-0.3, -0.25) is 4.34 Å². The van der Waals surface area contributed by atoms with Crippen molar-refractivity contribution in [1.82, 2.24) is 24.3 Å². The minimum Gasteiger partial charge on any atom is -0.399 e. The molecule has 0 aliphatic rings. The number of benzene rings is 1. The molecule has 0 bridgehead atoms. The molecule has 130 valence electrons. The van der Waals surface area contributed by atoms with E-state index in [2.05, 4.69) is 47.3 Å². The number of pyridine rings is 1. The van der Waals surface area contributed by atoms with Crippen LogP contribution in [0.25, 0.3) is 22.4 Å². The van der Waals surface area contributed by atoms with Gasteiger partial charge in [-0.1, -0.05) is 6.07 Å². The number of halogens is 1. The van der Waals surface area contributed by atoms with E-state index in [-0.39, 0.29) is 0 Å². The highest BCUT2D eigenvalue weighted by molar-refractivity contribution is 14.2. The lowest BCUT2D eigenvalue weighted by Crippen LogP contribution is -2.00. The van der Waals surface area contributed by atoms with Crippen LogP contribution in [0.4, 0.5) is 17.2 Å². The van der Waals surface area contributed by atoms with Gasteiger partial charge in [0.05, 0.1) is 6.37 Å². The Hall–Kier alpha value is -2.32. The number of nitrogens with zero attached hydrogens (tertiary/aromatic N) is 5. The van der Waals surface area contributed by atoms with Gasteiger partial charge >= 0.3 is 0 Å². The van der Waals surface area contributed by atoms with Gasteiger partial charge in [0.1, 0.15) is 29.7 Å². The van der Waals surface area contributed by atoms with Crippen LogP contribution in [0, 0.1) is 6.92 Å². The number of nitrogen functional groups attached to an aromatic ring is 1. The van der Waals surface area contributed by atoms with Crippen LogP contribution in [0.2, 0.25) is 0 Å². The number of aromatic nitrogens is 5. The molecule has 0 saturated carbocycles. The fourth-order valence-electron chi connectivity index (χ4n) is 2.69. The summed E-state index contributed by atoms with van der Waals surface area (Å²) in [6, 6.07) is 9.62. The zero-order valence-electron chi connectivity index (χ0n) is 13.8. The number of imidazole rings is 1. The molecule has 0 aliphatic carbocycles. The number of fused-ring (bicyclic) bond motifs is 1. The van der Waals surface area contributed by atoms with Gasteiger partial charge in [-0.25, -0.2) is 19.9 Å². The molecular weight excluding hydrogens is 460 g/mol. The predicted octanol–water partition coefficient (Wildman–Crippen LogP) is 4.31. The third-order valence-corrected chi connectivity index (χ3v) is 6.07. The molecule has 3 heterocycles. The van der Waals surface area contributed by atoms with Crippen molar-refractivity contribution in [2.75, 3.05) is 11.1 Å². The normalized spacial score (nSPS) is 11.5. The van der Waals surface area contributed by atoms with Crippen molar-refractivity contribution in [1.29, 1.82) is 0 Å². The van der Waals surface area contributed by atoms with Gasteiger partial charge < -0.3 is 11.1 Å². The Kier molecular flexibility index (Phi) is 4.69. The molecule has 0 spiro atoms. The molecular formula is C17H15IN7P. The minimum atomic E-state index is 0.523. The molecule has 26 heavy (non-hydrogen) atoms. The van der Waals surface area contributed by atoms with Crippen LogP contribution in [0.5, 0.6) is 0 Å². The Morgan fingerprint density at radius 1 is 1.15 bits per heavy atom. The first-order valence-electron chi connectivity index (χ1n) is 7.80. The number of hydrogen-bond donors (Lipinski definition) is 2. The van der Waals surface area contributed by atoms with Gasteiger partial charge in [0.2, 0.25) is 0 Å². The van der Waals surface area contributed by atoms with E-state index < -0.39 is 0 Å². The standard InChI is InChI=1S/C17H15IN7P/c1-10-4-5-11(19)7-13(10)24-16-12(3-2-6-20-16)14-15-17(22-8-21-14)25(26-18)9-23-15/h2-9,26H,19H2,1H3,(H,20,24). The van der Waals surface area contributed by atoms with Gasteiger partial charge in [-0.15, -0.1) is 0 Å². The topological polar surface area (TPSA) is 94.5 Å². The molecule has 0 aliphatic heterocycles.